The highest BCUT2D eigenvalue weighted by atomic mass is 32.1. The van der Waals surface area contributed by atoms with Crippen LogP contribution < -0.4 is 5.32 Å². The van der Waals surface area contributed by atoms with Crippen LogP contribution in [0.1, 0.15) is 4.88 Å². The van der Waals surface area contributed by atoms with Gasteiger partial charge in [-0.05, 0) is 17.5 Å². The molecule has 82 valence electrons. The molecule has 0 spiro atoms. The standard InChI is InChI=1S/C11H11N3OS/c1-14-7-6-10(13-14)12-11(15)5-4-9-3-2-8-16-9/h2-8H,1H3,(H,12,13,15). The van der Waals surface area contributed by atoms with Crippen LogP contribution in [0.4, 0.5) is 5.82 Å². The molecule has 0 radical (unpaired) electrons. The molecule has 16 heavy (non-hydrogen) atoms. The van der Waals surface area contributed by atoms with E-state index in [4.69, 9.17) is 0 Å². The Hall–Kier alpha value is -1.88. The topological polar surface area (TPSA) is 46.9 Å². The molecule has 0 saturated heterocycles. The van der Waals surface area contributed by atoms with Crippen LogP contribution in [0.3, 0.4) is 0 Å². The lowest BCUT2D eigenvalue weighted by Crippen LogP contribution is -2.08. The molecule has 0 saturated carbocycles. The van der Waals surface area contributed by atoms with E-state index in [1.807, 2.05) is 17.5 Å². The smallest absolute Gasteiger partial charge is 0.249 e. The molecule has 2 aromatic heterocycles. The Morgan fingerprint density at radius 1 is 1.56 bits per heavy atom. The van der Waals surface area contributed by atoms with Gasteiger partial charge in [0.25, 0.3) is 0 Å². The van der Waals surface area contributed by atoms with E-state index >= 15 is 0 Å². The van der Waals surface area contributed by atoms with Gasteiger partial charge in [-0.2, -0.15) is 5.10 Å². The van der Waals surface area contributed by atoms with Gasteiger partial charge in [-0.25, -0.2) is 0 Å². The van der Waals surface area contributed by atoms with Crippen molar-refractivity contribution in [2.24, 2.45) is 7.05 Å². The number of nitrogens with one attached hydrogen (secondary N) is 1. The maximum absolute atomic E-state index is 11.5. The minimum Gasteiger partial charge on any atom is -0.306 e. The number of hydrogen-bond donors (Lipinski definition) is 1. The second-order valence-electron chi connectivity index (χ2n) is 3.21. The van der Waals surface area contributed by atoms with Gasteiger partial charge in [0, 0.05) is 30.3 Å². The first kappa shape index (κ1) is 10.6. The quantitative estimate of drug-likeness (QED) is 0.825. The number of amides is 1. The zero-order chi connectivity index (χ0) is 11.4. The lowest BCUT2D eigenvalue weighted by Gasteiger charge is -1.95. The molecular weight excluding hydrogens is 222 g/mol. The Balaban J connectivity index is 1.94. The van der Waals surface area contributed by atoms with Gasteiger partial charge in [0.1, 0.15) is 0 Å². The molecule has 2 rings (SSSR count). The van der Waals surface area contributed by atoms with Gasteiger partial charge < -0.3 is 5.32 Å². The zero-order valence-electron chi connectivity index (χ0n) is 8.75. The zero-order valence-corrected chi connectivity index (χ0v) is 9.57. The van der Waals surface area contributed by atoms with E-state index in [1.54, 1.807) is 41.4 Å². The fourth-order valence-electron chi connectivity index (χ4n) is 1.19. The molecule has 0 aliphatic heterocycles. The van der Waals surface area contributed by atoms with E-state index in [0.29, 0.717) is 5.82 Å². The Bertz CT molecular complexity index is 499. The average Bonchev–Trinajstić information content (AvgIpc) is 2.87. The average molecular weight is 233 g/mol. The number of aryl methyl sites for hydroxylation is 1. The third kappa shape index (κ3) is 2.80. The molecule has 5 heteroatoms. The van der Waals surface area contributed by atoms with Crippen molar-refractivity contribution >= 4 is 29.1 Å². The third-order valence-electron chi connectivity index (χ3n) is 1.91. The fourth-order valence-corrected chi connectivity index (χ4v) is 1.81. The first-order chi connectivity index (χ1) is 7.74. The van der Waals surface area contributed by atoms with Crippen molar-refractivity contribution in [2.45, 2.75) is 0 Å². The summed E-state index contributed by atoms with van der Waals surface area (Å²) >= 11 is 1.59. The van der Waals surface area contributed by atoms with Gasteiger partial charge in [0.2, 0.25) is 5.91 Å². The highest BCUT2D eigenvalue weighted by Gasteiger charge is 1.99. The summed E-state index contributed by atoms with van der Waals surface area (Å²) in [6, 6.07) is 5.65. The van der Waals surface area contributed by atoms with Crippen LogP contribution in [0.2, 0.25) is 0 Å². The number of anilines is 1. The second kappa shape index (κ2) is 4.76. The number of carbonyl (C=O) groups excluding carboxylic acids is 1. The molecule has 0 fully saturated rings. The predicted octanol–water partition coefficient (Wildman–Crippen LogP) is 2.13. The van der Waals surface area contributed by atoms with Crippen molar-refractivity contribution in [3.8, 4) is 0 Å². The van der Waals surface area contributed by atoms with Crippen molar-refractivity contribution in [3.05, 3.63) is 40.7 Å². The summed E-state index contributed by atoms with van der Waals surface area (Å²) in [5.74, 6) is 0.385. The molecule has 0 atom stereocenters. The lowest BCUT2D eigenvalue weighted by atomic mass is 10.4. The van der Waals surface area contributed by atoms with Crippen molar-refractivity contribution in [1.82, 2.24) is 9.78 Å². The second-order valence-corrected chi connectivity index (χ2v) is 4.19. The molecule has 4 nitrogen and oxygen atoms in total. The SMILES string of the molecule is Cn1ccc(NC(=O)C=Cc2cccs2)n1. The molecule has 1 amide bonds. The minimum atomic E-state index is -0.174. The Morgan fingerprint density at radius 2 is 2.44 bits per heavy atom. The fraction of sp³-hybridized carbons (Fsp3) is 0.0909. The predicted molar refractivity (Wildman–Crippen MR) is 65.2 cm³/mol. The summed E-state index contributed by atoms with van der Waals surface area (Å²) in [5.41, 5.74) is 0. The Kier molecular flexibility index (Phi) is 3.16. The van der Waals surface area contributed by atoms with E-state index in [1.165, 1.54) is 6.08 Å². The number of carbonyl (C=O) groups is 1. The lowest BCUT2D eigenvalue weighted by molar-refractivity contribution is -0.111. The van der Waals surface area contributed by atoms with Crippen molar-refractivity contribution in [1.29, 1.82) is 0 Å². The van der Waals surface area contributed by atoms with Crippen LogP contribution in [0.15, 0.2) is 35.9 Å². The molecule has 2 aromatic rings. The molecule has 0 aliphatic carbocycles. The van der Waals surface area contributed by atoms with Gasteiger partial charge in [-0.15, -0.1) is 11.3 Å². The molecule has 0 bridgehead atoms. The van der Waals surface area contributed by atoms with Crippen LogP contribution in [-0.4, -0.2) is 15.7 Å². The van der Waals surface area contributed by atoms with Crippen LogP contribution >= 0.6 is 11.3 Å². The minimum absolute atomic E-state index is 0.174. The number of nitrogens with zero attached hydrogens (tertiary/aromatic N) is 2. The van der Waals surface area contributed by atoms with Crippen molar-refractivity contribution in [3.63, 3.8) is 0 Å². The normalized spacial score (nSPS) is 10.8. The summed E-state index contributed by atoms with van der Waals surface area (Å²) in [5, 5.41) is 8.69. The maximum atomic E-state index is 11.5. The number of aromatic nitrogens is 2. The van der Waals surface area contributed by atoms with Gasteiger partial charge in [0.15, 0.2) is 5.82 Å². The highest BCUT2D eigenvalue weighted by Crippen LogP contribution is 2.10. The van der Waals surface area contributed by atoms with Gasteiger partial charge >= 0.3 is 0 Å². The van der Waals surface area contributed by atoms with E-state index < -0.39 is 0 Å². The molecule has 2 heterocycles. The van der Waals surface area contributed by atoms with Crippen molar-refractivity contribution in [2.75, 3.05) is 5.32 Å². The summed E-state index contributed by atoms with van der Waals surface area (Å²) < 4.78 is 1.64. The van der Waals surface area contributed by atoms with E-state index in [9.17, 15) is 4.79 Å². The maximum Gasteiger partial charge on any atom is 0.249 e. The van der Waals surface area contributed by atoms with Crippen molar-refractivity contribution < 1.29 is 4.79 Å². The van der Waals surface area contributed by atoms with Crippen LogP contribution in [0.5, 0.6) is 0 Å². The number of thiophene rings is 1. The largest absolute Gasteiger partial charge is 0.306 e. The van der Waals surface area contributed by atoms with Gasteiger partial charge in [0.05, 0.1) is 0 Å². The first-order valence-electron chi connectivity index (χ1n) is 4.76. The molecule has 0 aliphatic rings. The van der Waals surface area contributed by atoms with Crippen LogP contribution in [-0.2, 0) is 11.8 Å². The summed E-state index contributed by atoms with van der Waals surface area (Å²) in [6.07, 6.45) is 5.06. The summed E-state index contributed by atoms with van der Waals surface area (Å²) in [7, 11) is 1.80. The Morgan fingerprint density at radius 3 is 3.06 bits per heavy atom. The summed E-state index contributed by atoms with van der Waals surface area (Å²) in [4.78, 5) is 12.5. The van der Waals surface area contributed by atoms with Gasteiger partial charge in [-0.3, -0.25) is 9.48 Å². The molecule has 0 aromatic carbocycles. The monoisotopic (exact) mass is 233 g/mol. The highest BCUT2D eigenvalue weighted by molar-refractivity contribution is 7.10. The molecule has 0 unspecified atom stereocenters. The number of rotatable bonds is 3. The Labute approximate surface area is 97.2 Å². The van der Waals surface area contributed by atoms with E-state index in [0.717, 1.165) is 4.88 Å². The van der Waals surface area contributed by atoms with Crippen LogP contribution in [0, 0.1) is 0 Å². The van der Waals surface area contributed by atoms with Gasteiger partial charge in [-0.1, -0.05) is 6.07 Å². The van der Waals surface area contributed by atoms with E-state index in [-0.39, 0.29) is 5.91 Å². The molecular formula is C11H11N3OS. The summed E-state index contributed by atoms with van der Waals surface area (Å²) in [6.45, 7) is 0. The number of hydrogen-bond acceptors (Lipinski definition) is 3. The van der Waals surface area contributed by atoms with E-state index in [2.05, 4.69) is 10.4 Å². The first-order valence-corrected chi connectivity index (χ1v) is 5.64. The van der Waals surface area contributed by atoms with Crippen LogP contribution in [0.25, 0.3) is 6.08 Å². The third-order valence-corrected chi connectivity index (χ3v) is 2.74. The molecule has 1 N–H and O–H groups in total.